The Morgan fingerprint density at radius 1 is 1.53 bits per heavy atom. The maximum atomic E-state index is 12.0. The van der Waals surface area contributed by atoms with Gasteiger partial charge in [0.1, 0.15) is 11.5 Å². The minimum Gasteiger partial charge on any atom is -0.391 e. The predicted molar refractivity (Wildman–Crippen MR) is 62.7 cm³/mol. The van der Waals surface area contributed by atoms with Crippen molar-refractivity contribution in [1.82, 2.24) is 14.9 Å². The number of amides is 1. The number of nitrogens with zero attached hydrogens (tertiary/aromatic N) is 3. The monoisotopic (exact) mass is 236 g/mol. The van der Waals surface area contributed by atoms with Crippen molar-refractivity contribution in [3.05, 3.63) is 18.1 Å². The largest absolute Gasteiger partial charge is 0.391 e. The van der Waals surface area contributed by atoms with E-state index >= 15 is 0 Å². The van der Waals surface area contributed by atoms with E-state index in [1.807, 2.05) is 0 Å². The van der Waals surface area contributed by atoms with Crippen LogP contribution >= 0.6 is 0 Å². The van der Waals surface area contributed by atoms with Gasteiger partial charge in [0.05, 0.1) is 18.5 Å². The Morgan fingerprint density at radius 2 is 2.35 bits per heavy atom. The number of hydrogen-bond donors (Lipinski definition) is 2. The fourth-order valence-corrected chi connectivity index (χ4v) is 1.87. The molecule has 0 bridgehead atoms. The molecule has 1 atom stereocenters. The second-order valence-corrected chi connectivity index (χ2v) is 4.08. The van der Waals surface area contributed by atoms with Crippen molar-refractivity contribution >= 4 is 11.7 Å². The lowest BCUT2D eigenvalue weighted by atomic mass is 10.1. The van der Waals surface area contributed by atoms with Gasteiger partial charge in [-0.2, -0.15) is 0 Å². The second kappa shape index (κ2) is 5.09. The standard InChI is InChI=1S/C11H16N4O2/c1-12-10-6-13-9(5-14-10)11(17)15-4-2-3-8(16)7-15/h5-6,8,16H,2-4,7H2,1H3,(H,12,14). The Hall–Kier alpha value is -1.69. The van der Waals surface area contributed by atoms with Crippen molar-refractivity contribution in [2.45, 2.75) is 18.9 Å². The van der Waals surface area contributed by atoms with Gasteiger partial charge in [-0.05, 0) is 12.8 Å². The second-order valence-electron chi connectivity index (χ2n) is 4.08. The average Bonchev–Trinajstić information content (AvgIpc) is 2.38. The number of anilines is 1. The van der Waals surface area contributed by atoms with Gasteiger partial charge in [0.2, 0.25) is 0 Å². The fraction of sp³-hybridized carbons (Fsp3) is 0.545. The van der Waals surface area contributed by atoms with E-state index in [9.17, 15) is 9.90 Å². The molecule has 6 nitrogen and oxygen atoms in total. The molecule has 1 amide bonds. The zero-order chi connectivity index (χ0) is 12.3. The summed E-state index contributed by atoms with van der Waals surface area (Å²) in [6, 6.07) is 0. The Balaban J connectivity index is 2.07. The molecule has 1 aliphatic rings. The van der Waals surface area contributed by atoms with Crippen LogP contribution in [0.5, 0.6) is 0 Å². The zero-order valence-electron chi connectivity index (χ0n) is 9.76. The molecular weight excluding hydrogens is 220 g/mol. The molecule has 0 spiro atoms. The lowest BCUT2D eigenvalue weighted by Gasteiger charge is -2.29. The zero-order valence-corrected chi connectivity index (χ0v) is 9.76. The van der Waals surface area contributed by atoms with Crippen molar-refractivity contribution < 1.29 is 9.90 Å². The predicted octanol–water partition coefficient (Wildman–Crippen LogP) is 0.115. The molecule has 2 rings (SSSR count). The van der Waals surface area contributed by atoms with E-state index in [2.05, 4.69) is 15.3 Å². The molecular formula is C11H16N4O2. The first-order valence-corrected chi connectivity index (χ1v) is 5.68. The summed E-state index contributed by atoms with van der Waals surface area (Å²) in [4.78, 5) is 21.8. The highest BCUT2D eigenvalue weighted by atomic mass is 16.3. The number of carbonyl (C=O) groups excluding carboxylic acids is 1. The van der Waals surface area contributed by atoms with Gasteiger partial charge in [0.15, 0.2) is 0 Å². The van der Waals surface area contributed by atoms with E-state index in [0.29, 0.717) is 24.6 Å². The van der Waals surface area contributed by atoms with Gasteiger partial charge in [-0.1, -0.05) is 0 Å². The van der Waals surface area contributed by atoms with E-state index < -0.39 is 6.10 Å². The first-order chi connectivity index (χ1) is 8.20. The Morgan fingerprint density at radius 3 is 2.94 bits per heavy atom. The van der Waals surface area contributed by atoms with Crippen LogP contribution in [0.15, 0.2) is 12.4 Å². The van der Waals surface area contributed by atoms with Gasteiger partial charge in [0.25, 0.3) is 5.91 Å². The summed E-state index contributed by atoms with van der Waals surface area (Å²) in [5.41, 5.74) is 0.318. The van der Waals surface area contributed by atoms with Crippen LogP contribution in [-0.4, -0.2) is 52.1 Å². The minimum absolute atomic E-state index is 0.168. The van der Waals surface area contributed by atoms with E-state index in [0.717, 1.165) is 12.8 Å². The first-order valence-electron chi connectivity index (χ1n) is 5.68. The molecule has 0 aromatic carbocycles. The number of piperidine rings is 1. The third-order valence-corrected chi connectivity index (χ3v) is 2.81. The SMILES string of the molecule is CNc1cnc(C(=O)N2CCCC(O)C2)cn1. The Kier molecular flexibility index (Phi) is 3.53. The number of aromatic nitrogens is 2. The van der Waals surface area contributed by atoms with E-state index in [1.54, 1.807) is 11.9 Å². The maximum absolute atomic E-state index is 12.0. The third kappa shape index (κ3) is 2.71. The number of likely N-dealkylation sites (tertiary alicyclic amines) is 1. The molecule has 2 heterocycles. The lowest BCUT2D eigenvalue weighted by molar-refractivity contribution is 0.0468. The molecule has 0 radical (unpaired) electrons. The van der Waals surface area contributed by atoms with Gasteiger partial charge in [-0.3, -0.25) is 4.79 Å². The van der Waals surface area contributed by atoms with Crippen LogP contribution in [0, 0.1) is 0 Å². The summed E-state index contributed by atoms with van der Waals surface area (Å²) in [5, 5.41) is 12.4. The molecule has 1 aromatic heterocycles. The molecule has 6 heteroatoms. The van der Waals surface area contributed by atoms with Crippen LogP contribution in [0.4, 0.5) is 5.82 Å². The number of carbonyl (C=O) groups is 1. The van der Waals surface area contributed by atoms with Crippen molar-refractivity contribution in [2.24, 2.45) is 0 Å². The Labute approximate surface area is 99.7 Å². The minimum atomic E-state index is -0.419. The van der Waals surface area contributed by atoms with Crippen molar-refractivity contribution in [2.75, 3.05) is 25.5 Å². The molecule has 1 aliphatic heterocycles. The van der Waals surface area contributed by atoms with Crippen molar-refractivity contribution in [3.8, 4) is 0 Å². The van der Waals surface area contributed by atoms with E-state index in [4.69, 9.17) is 0 Å². The summed E-state index contributed by atoms with van der Waals surface area (Å²) in [6.45, 7) is 1.06. The van der Waals surface area contributed by atoms with Crippen molar-refractivity contribution in [1.29, 1.82) is 0 Å². The van der Waals surface area contributed by atoms with Crippen LogP contribution < -0.4 is 5.32 Å². The molecule has 17 heavy (non-hydrogen) atoms. The molecule has 1 saturated heterocycles. The highest BCUT2D eigenvalue weighted by Crippen LogP contribution is 2.12. The normalized spacial score (nSPS) is 20.1. The summed E-state index contributed by atoms with van der Waals surface area (Å²) in [5.74, 6) is 0.458. The van der Waals surface area contributed by atoms with Crippen LogP contribution in [-0.2, 0) is 0 Å². The summed E-state index contributed by atoms with van der Waals surface area (Å²) in [7, 11) is 1.74. The highest BCUT2D eigenvalue weighted by Gasteiger charge is 2.23. The van der Waals surface area contributed by atoms with E-state index in [1.165, 1.54) is 12.4 Å². The number of hydrogen-bond acceptors (Lipinski definition) is 5. The fourth-order valence-electron chi connectivity index (χ4n) is 1.87. The van der Waals surface area contributed by atoms with Gasteiger partial charge < -0.3 is 15.3 Å². The molecule has 1 fully saturated rings. The van der Waals surface area contributed by atoms with E-state index in [-0.39, 0.29) is 5.91 Å². The quantitative estimate of drug-likeness (QED) is 0.762. The molecule has 92 valence electrons. The average molecular weight is 236 g/mol. The number of nitrogens with one attached hydrogen (secondary N) is 1. The van der Waals surface area contributed by atoms with Gasteiger partial charge in [-0.15, -0.1) is 0 Å². The third-order valence-electron chi connectivity index (χ3n) is 2.81. The van der Waals surface area contributed by atoms with Gasteiger partial charge in [0, 0.05) is 20.1 Å². The summed E-state index contributed by atoms with van der Waals surface area (Å²) >= 11 is 0. The van der Waals surface area contributed by atoms with Crippen molar-refractivity contribution in [3.63, 3.8) is 0 Å². The smallest absolute Gasteiger partial charge is 0.274 e. The van der Waals surface area contributed by atoms with Crippen LogP contribution in [0.25, 0.3) is 0 Å². The number of aliphatic hydroxyl groups excluding tert-OH is 1. The number of rotatable bonds is 2. The van der Waals surface area contributed by atoms with Crippen LogP contribution in [0.2, 0.25) is 0 Å². The Bertz CT molecular complexity index is 393. The molecule has 1 unspecified atom stereocenters. The van der Waals surface area contributed by atoms with Crippen LogP contribution in [0.1, 0.15) is 23.3 Å². The van der Waals surface area contributed by atoms with Crippen LogP contribution in [0.3, 0.4) is 0 Å². The first kappa shape index (κ1) is 11.8. The summed E-state index contributed by atoms with van der Waals surface area (Å²) in [6.07, 6.45) is 4.14. The molecule has 0 saturated carbocycles. The maximum Gasteiger partial charge on any atom is 0.274 e. The molecule has 0 aliphatic carbocycles. The topological polar surface area (TPSA) is 78.4 Å². The molecule has 2 N–H and O–H groups in total. The highest BCUT2D eigenvalue weighted by molar-refractivity contribution is 5.92. The van der Waals surface area contributed by atoms with Gasteiger partial charge >= 0.3 is 0 Å². The number of β-amino-alcohol motifs (C(OH)–C–C–N with tert-alkyl or cyclic N) is 1. The molecule has 1 aromatic rings. The lowest BCUT2D eigenvalue weighted by Crippen LogP contribution is -2.42. The summed E-state index contributed by atoms with van der Waals surface area (Å²) < 4.78 is 0. The number of aliphatic hydroxyl groups is 1. The van der Waals surface area contributed by atoms with Gasteiger partial charge in [-0.25, -0.2) is 9.97 Å².